The number of hydrogen-bond donors (Lipinski definition) is 1. The van der Waals surface area contributed by atoms with Crippen LogP contribution in [0.3, 0.4) is 0 Å². The molecule has 2 heterocycles. The lowest BCUT2D eigenvalue weighted by Crippen LogP contribution is -2.28. The van der Waals surface area contributed by atoms with Gasteiger partial charge in [-0.25, -0.2) is 4.98 Å². The third kappa shape index (κ3) is 4.32. The molecule has 2 fully saturated rings. The SMILES string of the molecule is c1cn(CCCCN2CCC(CNC3CC3)C2)cn1. The minimum absolute atomic E-state index is 0.865. The maximum absolute atomic E-state index is 4.07. The molecule has 4 nitrogen and oxygen atoms in total. The highest BCUT2D eigenvalue weighted by Gasteiger charge is 2.25. The van der Waals surface area contributed by atoms with Crippen molar-refractivity contribution in [1.82, 2.24) is 19.8 Å². The molecular formula is C15H26N4. The molecule has 106 valence electrons. The van der Waals surface area contributed by atoms with Gasteiger partial charge in [-0.1, -0.05) is 0 Å². The van der Waals surface area contributed by atoms with Gasteiger partial charge in [-0.2, -0.15) is 0 Å². The molecule has 1 atom stereocenters. The summed E-state index contributed by atoms with van der Waals surface area (Å²) in [5.74, 6) is 0.897. The predicted molar refractivity (Wildman–Crippen MR) is 77.0 cm³/mol. The predicted octanol–water partition coefficient (Wildman–Crippen LogP) is 1.74. The highest BCUT2D eigenvalue weighted by molar-refractivity contribution is 4.84. The molecule has 0 radical (unpaired) electrons. The van der Waals surface area contributed by atoms with Crippen LogP contribution in [0.1, 0.15) is 32.1 Å². The Morgan fingerprint density at radius 1 is 1.16 bits per heavy atom. The molecule has 2 aliphatic rings. The molecule has 0 spiro atoms. The van der Waals surface area contributed by atoms with Crippen LogP contribution in [0.15, 0.2) is 18.7 Å². The van der Waals surface area contributed by atoms with Crippen LogP contribution in [0.5, 0.6) is 0 Å². The lowest BCUT2D eigenvalue weighted by Gasteiger charge is -2.16. The van der Waals surface area contributed by atoms with Crippen molar-refractivity contribution in [3.63, 3.8) is 0 Å². The number of unbranched alkanes of at least 4 members (excludes halogenated alkanes) is 1. The number of imidazole rings is 1. The second-order valence-electron chi connectivity index (χ2n) is 6.15. The van der Waals surface area contributed by atoms with Crippen LogP contribution in [-0.2, 0) is 6.54 Å². The summed E-state index contributed by atoms with van der Waals surface area (Å²) >= 11 is 0. The maximum atomic E-state index is 4.07. The Kier molecular flexibility index (Phi) is 4.51. The number of aromatic nitrogens is 2. The Labute approximate surface area is 116 Å². The average Bonchev–Trinajstić information content (AvgIpc) is 2.91. The molecule has 1 N–H and O–H groups in total. The summed E-state index contributed by atoms with van der Waals surface area (Å²) in [6, 6.07) is 0.865. The fraction of sp³-hybridized carbons (Fsp3) is 0.800. The molecule has 19 heavy (non-hydrogen) atoms. The van der Waals surface area contributed by atoms with Gasteiger partial charge in [-0.05, 0) is 57.7 Å². The molecule has 1 unspecified atom stereocenters. The molecule has 1 aromatic heterocycles. The van der Waals surface area contributed by atoms with E-state index in [1.165, 1.54) is 58.3 Å². The molecule has 0 aromatic carbocycles. The van der Waals surface area contributed by atoms with E-state index in [2.05, 4.69) is 26.0 Å². The van der Waals surface area contributed by atoms with Crippen molar-refractivity contribution in [2.45, 2.75) is 44.7 Å². The number of hydrogen-bond acceptors (Lipinski definition) is 3. The molecule has 3 rings (SSSR count). The summed E-state index contributed by atoms with van der Waals surface area (Å²) in [5.41, 5.74) is 0. The summed E-state index contributed by atoms with van der Waals surface area (Å²) in [6.45, 7) is 6.25. The standard InChI is InChI=1S/C15H26N4/c1(2-8-19-10-6-16-13-19)7-18-9-5-14(12-18)11-17-15-3-4-15/h6,10,13-15,17H,1-5,7-9,11-12H2. The summed E-state index contributed by atoms with van der Waals surface area (Å²) in [6.07, 6.45) is 12.6. The highest BCUT2D eigenvalue weighted by atomic mass is 15.1. The normalized spacial score (nSPS) is 24.1. The number of nitrogens with one attached hydrogen (secondary N) is 1. The minimum Gasteiger partial charge on any atom is -0.337 e. The van der Waals surface area contributed by atoms with Crippen molar-refractivity contribution in [2.24, 2.45) is 5.92 Å². The third-order valence-electron chi connectivity index (χ3n) is 4.34. The number of rotatable bonds is 8. The van der Waals surface area contributed by atoms with Gasteiger partial charge in [0, 0.05) is 31.5 Å². The number of aryl methyl sites for hydroxylation is 1. The Hall–Kier alpha value is -0.870. The highest BCUT2D eigenvalue weighted by Crippen LogP contribution is 2.21. The van der Waals surface area contributed by atoms with Crippen molar-refractivity contribution in [1.29, 1.82) is 0 Å². The van der Waals surface area contributed by atoms with Gasteiger partial charge < -0.3 is 14.8 Å². The molecule has 0 bridgehead atoms. The maximum Gasteiger partial charge on any atom is 0.0945 e. The van der Waals surface area contributed by atoms with Gasteiger partial charge in [0.15, 0.2) is 0 Å². The van der Waals surface area contributed by atoms with Crippen molar-refractivity contribution in [3.05, 3.63) is 18.7 Å². The van der Waals surface area contributed by atoms with Gasteiger partial charge >= 0.3 is 0 Å². The molecular weight excluding hydrogens is 236 g/mol. The zero-order valence-electron chi connectivity index (χ0n) is 11.8. The van der Waals surface area contributed by atoms with Crippen molar-refractivity contribution in [2.75, 3.05) is 26.2 Å². The zero-order chi connectivity index (χ0) is 12.9. The first kappa shape index (κ1) is 13.1. The summed E-state index contributed by atoms with van der Waals surface area (Å²) < 4.78 is 2.17. The van der Waals surface area contributed by atoms with Gasteiger partial charge in [0.05, 0.1) is 6.33 Å². The third-order valence-corrected chi connectivity index (χ3v) is 4.34. The van der Waals surface area contributed by atoms with Crippen molar-refractivity contribution >= 4 is 0 Å². The fourth-order valence-electron chi connectivity index (χ4n) is 2.95. The first-order valence-electron chi connectivity index (χ1n) is 7.81. The monoisotopic (exact) mass is 262 g/mol. The van der Waals surface area contributed by atoms with E-state index in [0.29, 0.717) is 0 Å². The second-order valence-corrected chi connectivity index (χ2v) is 6.15. The zero-order valence-corrected chi connectivity index (χ0v) is 11.8. The van der Waals surface area contributed by atoms with Crippen LogP contribution in [0.2, 0.25) is 0 Å². The molecule has 1 aromatic rings. The second kappa shape index (κ2) is 6.53. The largest absolute Gasteiger partial charge is 0.337 e. The van der Waals surface area contributed by atoms with Crippen LogP contribution < -0.4 is 5.32 Å². The smallest absolute Gasteiger partial charge is 0.0945 e. The van der Waals surface area contributed by atoms with E-state index in [0.717, 1.165) is 18.5 Å². The summed E-state index contributed by atoms with van der Waals surface area (Å²) in [7, 11) is 0. The van der Waals surface area contributed by atoms with Crippen LogP contribution in [-0.4, -0.2) is 46.7 Å². The number of likely N-dealkylation sites (tertiary alicyclic amines) is 1. The molecule has 1 aliphatic carbocycles. The first-order chi connectivity index (χ1) is 9.40. The van der Waals surface area contributed by atoms with Crippen LogP contribution in [0, 0.1) is 5.92 Å². The van der Waals surface area contributed by atoms with E-state index in [4.69, 9.17) is 0 Å². The van der Waals surface area contributed by atoms with E-state index >= 15 is 0 Å². The quantitative estimate of drug-likeness (QED) is 0.724. The average molecular weight is 262 g/mol. The topological polar surface area (TPSA) is 33.1 Å². The lowest BCUT2D eigenvalue weighted by atomic mass is 10.1. The molecule has 1 saturated heterocycles. The lowest BCUT2D eigenvalue weighted by molar-refractivity contribution is 0.311. The molecule has 0 amide bonds. The Morgan fingerprint density at radius 3 is 2.84 bits per heavy atom. The van der Waals surface area contributed by atoms with E-state index in [9.17, 15) is 0 Å². The van der Waals surface area contributed by atoms with Crippen LogP contribution in [0.25, 0.3) is 0 Å². The van der Waals surface area contributed by atoms with E-state index in [-0.39, 0.29) is 0 Å². The molecule has 1 saturated carbocycles. The van der Waals surface area contributed by atoms with E-state index in [1.54, 1.807) is 0 Å². The van der Waals surface area contributed by atoms with Gasteiger partial charge in [0.2, 0.25) is 0 Å². The van der Waals surface area contributed by atoms with Crippen molar-refractivity contribution < 1.29 is 0 Å². The Bertz CT molecular complexity index is 358. The van der Waals surface area contributed by atoms with Gasteiger partial charge in [0.25, 0.3) is 0 Å². The van der Waals surface area contributed by atoms with Crippen LogP contribution >= 0.6 is 0 Å². The summed E-state index contributed by atoms with van der Waals surface area (Å²) in [4.78, 5) is 6.72. The number of nitrogens with zero attached hydrogens (tertiary/aromatic N) is 3. The van der Waals surface area contributed by atoms with Crippen molar-refractivity contribution in [3.8, 4) is 0 Å². The van der Waals surface area contributed by atoms with Crippen LogP contribution in [0.4, 0.5) is 0 Å². The Morgan fingerprint density at radius 2 is 2.05 bits per heavy atom. The van der Waals surface area contributed by atoms with Gasteiger partial charge in [-0.15, -0.1) is 0 Å². The fourth-order valence-corrected chi connectivity index (χ4v) is 2.95. The molecule has 4 heteroatoms. The molecule has 1 aliphatic heterocycles. The van der Waals surface area contributed by atoms with E-state index < -0.39 is 0 Å². The minimum atomic E-state index is 0.865. The van der Waals surface area contributed by atoms with Gasteiger partial charge in [0.1, 0.15) is 0 Å². The summed E-state index contributed by atoms with van der Waals surface area (Å²) in [5, 5.41) is 3.67. The Balaban J connectivity index is 1.24. The van der Waals surface area contributed by atoms with Gasteiger partial charge in [-0.3, -0.25) is 0 Å². The van der Waals surface area contributed by atoms with E-state index in [1.807, 2.05) is 12.5 Å². The first-order valence-corrected chi connectivity index (χ1v) is 7.81.